The van der Waals surface area contributed by atoms with Crippen molar-refractivity contribution < 1.29 is 9.90 Å². The van der Waals surface area contributed by atoms with Crippen LogP contribution in [0.3, 0.4) is 0 Å². The van der Waals surface area contributed by atoms with E-state index >= 15 is 0 Å². The number of hydrogen-bond acceptors (Lipinski definition) is 2. The minimum Gasteiger partial charge on any atom is -0.391 e. The van der Waals surface area contributed by atoms with Crippen LogP contribution in [-0.2, 0) is 4.79 Å². The molecule has 4 heteroatoms. The molecule has 3 unspecified atom stereocenters. The molecule has 1 saturated carbocycles. The normalized spacial score (nSPS) is 29.2. The number of aliphatic hydroxyl groups is 1. The SMILES string of the molecule is CC(C)C(Br)C(=O)NC1CCCC1O. The summed E-state index contributed by atoms with van der Waals surface area (Å²) >= 11 is 3.34. The summed E-state index contributed by atoms with van der Waals surface area (Å²) in [7, 11) is 0. The summed E-state index contributed by atoms with van der Waals surface area (Å²) in [4.78, 5) is 11.5. The standard InChI is InChI=1S/C10H18BrNO2/c1-6(2)9(11)10(14)12-7-4-3-5-8(7)13/h6-9,13H,3-5H2,1-2H3,(H,12,14). The Hall–Kier alpha value is -0.0900. The lowest BCUT2D eigenvalue weighted by atomic mass is 10.1. The Morgan fingerprint density at radius 3 is 2.57 bits per heavy atom. The largest absolute Gasteiger partial charge is 0.391 e. The second-order valence-electron chi connectivity index (χ2n) is 4.26. The van der Waals surface area contributed by atoms with E-state index in [1.165, 1.54) is 0 Å². The van der Waals surface area contributed by atoms with E-state index in [0.717, 1.165) is 19.3 Å². The van der Waals surface area contributed by atoms with Gasteiger partial charge in [0.15, 0.2) is 0 Å². The van der Waals surface area contributed by atoms with Gasteiger partial charge in [0.25, 0.3) is 0 Å². The second kappa shape index (κ2) is 5.12. The summed E-state index contributed by atoms with van der Waals surface area (Å²) in [6.45, 7) is 3.98. The highest BCUT2D eigenvalue weighted by Crippen LogP contribution is 2.20. The zero-order chi connectivity index (χ0) is 10.7. The van der Waals surface area contributed by atoms with Crippen molar-refractivity contribution >= 4 is 21.8 Å². The van der Waals surface area contributed by atoms with Crippen LogP contribution in [0, 0.1) is 5.92 Å². The number of nitrogens with one attached hydrogen (secondary N) is 1. The van der Waals surface area contributed by atoms with Gasteiger partial charge in [0, 0.05) is 0 Å². The fourth-order valence-electron chi connectivity index (χ4n) is 1.67. The quantitative estimate of drug-likeness (QED) is 0.758. The van der Waals surface area contributed by atoms with Gasteiger partial charge in [-0.05, 0) is 25.2 Å². The molecule has 0 aromatic carbocycles. The first-order chi connectivity index (χ1) is 6.52. The van der Waals surface area contributed by atoms with Crippen molar-refractivity contribution in [2.24, 2.45) is 5.92 Å². The molecule has 3 atom stereocenters. The van der Waals surface area contributed by atoms with E-state index < -0.39 is 0 Å². The Morgan fingerprint density at radius 1 is 1.50 bits per heavy atom. The van der Waals surface area contributed by atoms with E-state index in [0.29, 0.717) is 0 Å². The van der Waals surface area contributed by atoms with E-state index in [1.54, 1.807) is 0 Å². The summed E-state index contributed by atoms with van der Waals surface area (Å²) in [6.07, 6.45) is 2.34. The highest BCUT2D eigenvalue weighted by atomic mass is 79.9. The molecule has 82 valence electrons. The molecule has 0 heterocycles. The maximum absolute atomic E-state index is 11.6. The van der Waals surface area contributed by atoms with Gasteiger partial charge >= 0.3 is 0 Å². The zero-order valence-corrected chi connectivity index (χ0v) is 10.3. The van der Waals surface area contributed by atoms with Crippen molar-refractivity contribution in [3.05, 3.63) is 0 Å². The number of carbonyl (C=O) groups excluding carboxylic acids is 1. The second-order valence-corrected chi connectivity index (χ2v) is 5.25. The Balaban J connectivity index is 2.40. The molecular weight excluding hydrogens is 246 g/mol. The predicted octanol–water partition coefficient (Wildman–Crippen LogP) is 1.44. The van der Waals surface area contributed by atoms with E-state index in [4.69, 9.17) is 0 Å². The number of halogens is 1. The Kier molecular flexibility index (Phi) is 4.38. The predicted molar refractivity (Wildman–Crippen MR) is 59.3 cm³/mol. The minimum absolute atomic E-state index is 0.00838. The van der Waals surface area contributed by atoms with Crippen LogP contribution in [0.15, 0.2) is 0 Å². The molecular formula is C10H18BrNO2. The molecule has 1 aliphatic rings. The first-order valence-electron chi connectivity index (χ1n) is 5.15. The van der Waals surface area contributed by atoms with Gasteiger partial charge < -0.3 is 10.4 Å². The van der Waals surface area contributed by atoms with Gasteiger partial charge in [-0.25, -0.2) is 0 Å². The van der Waals surface area contributed by atoms with Crippen molar-refractivity contribution in [2.45, 2.75) is 50.1 Å². The van der Waals surface area contributed by atoms with E-state index in [2.05, 4.69) is 21.2 Å². The molecule has 1 rings (SSSR count). The molecule has 0 bridgehead atoms. The third-order valence-corrected chi connectivity index (χ3v) is 4.12. The molecule has 0 aliphatic heterocycles. The molecule has 3 nitrogen and oxygen atoms in total. The third kappa shape index (κ3) is 2.95. The average Bonchev–Trinajstić information content (AvgIpc) is 2.50. The van der Waals surface area contributed by atoms with E-state index in [-0.39, 0.29) is 28.8 Å². The lowest BCUT2D eigenvalue weighted by molar-refractivity contribution is -0.122. The third-order valence-electron chi connectivity index (χ3n) is 2.64. The first kappa shape index (κ1) is 12.0. The fraction of sp³-hybridized carbons (Fsp3) is 0.900. The fourth-order valence-corrected chi connectivity index (χ4v) is 1.81. The molecule has 0 radical (unpaired) electrons. The maximum Gasteiger partial charge on any atom is 0.234 e. The van der Waals surface area contributed by atoms with Crippen molar-refractivity contribution in [3.63, 3.8) is 0 Å². The topological polar surface area (TPSA) is 49.3 Å². The van der Waals surface area contributed by atoms with Crippen LogP contribution >= 0.6 is 15.9 Å². The van der Waals surface area contributed by atoms with Crippen LogP contribution in [0.1, 0.15) is 33.1 Å². The monoisotopic (exact) mass is 263 g/mol. The minimum atomic E-state index is -0.356. The van der Waals surface area contributed by atoms with Crippen molar-refractivity contribution in [1.82, 2.24) is 5.32 Å². The van der Waals surface area contributed by atoms with Crippen molar-refractivity contribution in [2.75, 3.05) is 0 Å². The Bertz CT molecular complexity index is 208. The van der Waals surface area contributed by atoms with Gasteiger partial charge in [0.1, 0.15) is 0 Å². The highest BCUT2D eigenvalue weighted by molar-refractivity contribution is 9.10. The molecule has 14 heavy (non-hydrogen) atoms. The lowest BCUT2D eigenvalue weighted by Crippen LogP contribution is -2.44. The lowest BCUT2D eigenvalue weighted by Gasteiger charge is -2.20. The van der Waals surface area contributed by atoms with Gasteiger partial charge in [0.2, 0.25) is 5.91 Å². The van der Waals surface area contributed by atoms with Crippen molar-refractivity contribution in [1.29, 1.82) is 0 Å². The van der Waals surface area contributed by atoms with Crippen LogP contribution in [-0.4, -0.2) is 28.0 Å². The van der Waals surface area contributed by atoms with Crippen molar-refractivity contribution in [3.8, 4) is 0 Å². The van der Waals surface area contributed by atoms with Gasteiger partial charge in [-0.15, -0.1) is 0 Å². The number of aliphatic hydroxyl groups excluding tert-OH is 1. The molecule has 0 aromatic heterocycles. The number of hydrogen-bond donors (Lipinski definition) is 2. The van der Waals surface area contributed by atoms with Gasteiger partial charge in [-0.3, -0.25) is 4.79 Å². The summed E-state index contributed by atoms with van der Waals surface area (Å²) < 4.78 is 0. The molecule has 1 fully saturated rings. The molecule has 2 N–H and O–H groups in total. The molecule has 1 aliphatic carbocycles. The highest BCUT2D eigenvalue weighted by Gasteiger charge is 2.29. The molecule has 0 saturated heterocycles. The van der Waals surface area contributed by atoms with E-state index in [1.807, 2.05) is 13.8 Å². The van der Waals surface area contributed by atoms with Crippen LogP contribution in [0.2, 0.25) is 0 Å². The summed E-state index contributed by atoms with van der Waals surface area (Å²) in [6, 6.07) is -0.0405. The Labute approximate surface area is 93.4 Å². The summed E-state index contributed by atoms with van der Waals surface area (Å²) in [5.74, 6) is 0.263. The van der Waals surface area contributed by atoms with E-state index in [9.17, 15) is 9.90 Å². The van der Waals surface area contributed by atoms with Crippen LogP contribution < -0.4 is 5.32 Å². The number of amides is 1. The number of alkyl halides is 1. The number of carbonyl (C=O) groups is 1. The molecule has 1 amide bonds. The van der Waals surface area contributed by atoms with Gasteiger partial charge in [0.05, 0.1) is 17.0 Å². The average molecular weight is 264 g/mol. The zero-order valence-electron chi connectivity index (χ0n) is 8.66. The van der Waals surface area contributed by atoms with Crippen LogP contribution in [0.4, 0.5) is 0 Å². The van der Waals surface area contributed by atoms with Crippen LogP contribution in [0.25, 0.3) is 0 Å². The Morgan fingerprint density at radius 2 is 2.14 bits per heavy atom. The smallest absolute Gasteiger partial charge is 0.234 e. The first-order valence-corrected chi connectivity index (χ1v) is 6.06. The number of rotatable bonds is 3. The molecule has 0 spiro atoms. The van der Waals surface area contributed by atoms with Gasteiger partial charge in [-0.1, -0.05) is 29.8 Å². The van der Waals surface area contributed by atoms with Gasteiger partial charge in [-0.2, -0.15) is 0 Å². The summed E-state index contributed by atoms with van der Waals surface area (Å²) in [5.41, 5.74) is 0. The van der Waals surface area contributed by atoms with Crippen LogP contribution in [0.5, 0.6) is 0 Å². The maximum atomic E-state index is 11.6. The summed E-state index contributed by atoms with van der Waals surface area (Å²) in [5, 5.41) is 12.4. The molecule has 0 aromatic rings.